The molecular weight excluding hydrogens is 162 g/mol. The van der Waals surface area contributed by atoms with E-state index >= 15 is 0 Å². The summed E-state index contributed by atoms with van der Waals surface area (Å²) in [6.45, 7) is 2.07. The van der Waals surface area contributed by atoms with Crippen LogP contribution >= 0.6 is 0 Å². The Labute approximate surface area is 78.7 Å². The zero-order valence-corrected chi connectivity index (χ0v) is 8.08. The summed E-state index contributed by atoms with van der Waals surface area (Å²) in [5.74, 6) is 1.54. The smallest absolute Gasteiger partial charge is 0.121 e. The van der Waals surface area contributed by atoms with Gasteiger partial charge in [0.05, 0.1) is 7.11 Å². The molecule has 1 fully saturated rings. The average Bonchev–Trinajstić information content (AvgIpc) is 2.82. The van der Waals surface area contributed by atoms with Crippen molar-refractivity contribution in [1.82, 2.24) is 0 Å². The summed E-state index contributed by atoms with van der Waals surface area (Å²) in [6.07, 6.45) is 1.13. The Hall–Kier alpha value is -1.02. The number of aryl methyl sites for hydroxylation is 1. The standard InChI is InChI=1S/C11H15NO/c1-7-5-8(9-6-10(9)12)3-4-11(7)13-2/h3-5,9-10H,6,12H2,1-2H3. The maximum atomic E-state index is 5.79. The number of nitrogens with two attached hydrogens (primary N) is 1. The summed E-state index contributed by atoms with van der Waals surface area (Å²) in [7, 11) is 1.70. The van der Waals surface area contributed by atoms with Crippen LogP contribution in [0.15, 0.2) is 18.2 Å². The number of methoxy groups -OCH3 is 1. The van der Waals surface area contributed by atoms with Crippen LogP contribution in [0.25, 0.3) is 0 Å². The number of hydrogen-bond acceptors (Lipinski definition) is 2. The van der Waals surface area contributed by atoms with E-state index in [1.807, 2.05) is 6.07 Å². The molecule has 2 unspecified atom stereocenters. The fourth-order valence-electron chi connectivity index (χ4n) is 1.73. The quantitative estimate of drug-likeness (QED) is 0.747. The van der Waals surface area contributed by atoms with Crippen LogP contribution < -0.4 is 10.5 Å². The summed E-state index contributed by atoms with van der Waals surface area (Å²) in [6, 6.07) is 6.70. The van der Waals surface area contributed by atoms with Gasteiger partial charge in [-0.3, -0.25) is 0 Å². The molecule has 13 heavy (non-hydrogen) atoms. The highest BCUT2D eigenvalue weighted by molar-refractivity contribution is 5.39. The lowest BCUT2D eigenvalue weighted by molar-refractivity contribution is 0.411. The van der Waals surface area contributed by atoms with Gasteiger partial charge in [-0.15, -0.1) is 0 Å². The van der Waals surface area contributed by atoms with E-state index in [-0.39, 0.29) is 0 Å². The third-order valence-electron chi connectivity index (χ3n) is 2.69. The molecule has 0 heterocycles. The molecule has 0 radical (unpaired) electrons. The van der Waals surface area contributed by atoms with Crippen LogP contribution in [0.2, 0.25) is 0 Å². The molecule has 2 rings (SSSR count). The van der Waals surface area contributed by atoms with Crippen molar-refractivity contribution in [3.05, 3.63) is 29.3 Å². The van der Waals surface area contributed by atoms with Gasteiger partial charge in [0.2, 0.25) is 0 Å². The molecule has 0 aromatic heterocycles. The lowest BCUT2D eigenvalue weighted by atomic mass is 10.1. The van der Waals surface area contributed by atoms with E-state index in [9.17, 15) is 0 Å². The monoisotopic (exact) mass is 177 g/mol. The Kier molecular flexibility index (Phi) is 2.00. The highest BCUT2D eigenvalue weighted by Gasteiger charge is 2.34. The molecule has 1 aliphatic rings. The van der Waals surface area contributed by atoms with Crippen LogP contribution in [0.4, 0.5) is 0 Å². The van der Waals surface area contributed by atoms with Gasteiger partial charge in [-0.05, 0) is 30.5 Å². The van der Waals surface area contributed by atoms with Crippen molar-refractivity contribution >= 4 is 0 Å². The Morgan fingerprint density at radius 3 is 2.62 bits per heavy atom. The summed E-state index contributed by atoms with van der Waals surface area (Å²) in [5, 5.41) is 0. The second-order valence-electron chi connectivity index (χ2n) is 3.74. The van der Waals surface area contributed by atoms with Crippen molar-refractivity contribution in [3.63, 3.8) is 0 Å². The van der Waals surface area contributed by atoms with Gasteiger partial charge in [0, 0.05) is 12.0 Å². The predicted molar refractivity (Wildman–Crippen MR) is 53.1 cm³/mol. The van der Waals surface area contributed by atoms with Crippen LogP contribution in [0.3, 0.4) is 0 Å². The molecule has 2 heteroatoms. The van der Waals surface area contributed by atoms with E-state index in [4.69, 9.17) is 10.5 Å². The molecule has 1 aromatic rings. The first-order valence-electron chi connectivity index (χ1n) is 4.62. The first-order valence-corrected chi connectivity index (χ1v) is 4.62. The van der Waals surface area contributed by atoms with E-state index in [0.29, 0.717) is 12.0 Å². The van der Waals surface area contributed by atoms with Crippen molar-refractivity contribution in [2.75, 3.05) is 7.11 Å². The van der Waals surface area contributed by atoms with Gasteiger partial charge in [-0.2, -0.15) is 0 Å². The lowest BCUT2D eigenvalue weighted by Crippen LogP contribution is -2.01. The zero-order chi connectivity index (χ0) is 9.42. The summed E-state index contributed by atoms with van der Waals surface area (Å²) in [5.41, 5.74) is 8.33. The predicted octanol–water partition coefficient (Wildman–Crippen LogP) is 1.82. The van der Waals surface area contributed by atoms with Gasteiger partial charge in [0.1, 0.15) is 5.75 Å². The van der Waals surface area contributed by atoms with Crippen molar-refractivity contribution < 1.29 is 4.74 Å². The fraction of sp³-hybridized carbons (Fsp3) is 0.455. The van der Waals surface area contributed by atoms with Crippen molar-refractivity contribution in [2.45, 2.75) is 25.3 Å². The van der Waals surface area contributed by atoms with Gasteiger partial charge in [0.15, 0.2) is 0 Å². The van der Waals surface area contributed by atoms with Crippen LogP contribution in [-0.4, -0.2) is 13.2 Å². The molecule has 0 bridgehead atoms. The molecule has 0 aliphatic heterocycles. The number of benzene rings is 1. The molecule has 1 aliphatic carbocycles. The normalized spacial score (nSPS) is 25.8. The zero-order valence-electron chi connectivity index (χ0n) is 8.08. The molecule has 2 nitrogen and oxygen atoms in total. The first-order chi connectivity index (χ1) is 6.22. The van der Waals surface area contributed by atoms with Gasteiger partial charge in [0.25, 0.3) is 0 Å². The Morgan fingerprint density at radius 2 is 2.15 bits per heavy atom. The van der Waals surface area contributed by atoms with E-state index in [1.165, 1.54) is 11.1 Å². The van der Waals surface area contributed by atoms with Crippen molar-refractivity contribution in [1.29, 1.82) is 0 Å². The molecule has 0 saturated heterocycles. The molecule has 0 amide bonds. The lowest BCUT2D eigenvalue weighted by Gasteiger charge is -2.06. The topological polar surface area (TPSA) is 35.2 Å². The van der Waals surface area contributed by atoms with E-state index in [0.717, 1.165) is 12.2 Å². The molecule has 2 atom stereocenters. The van der Waals surface area contributed by atoms with Crippen LogP contribution in [0, 0.1) is 6.92 Å². The Balaban J connectivity index is 2.25. The first kappa shape index (κ1) is 8.57. The molecule has 0 spiro atoms. The third kappa shape index (κ3) is 1.54. The van der Waals surface area contributed by atoms with E-state index in [1.54, 1.807) is 7.11 Å². The highest BCUT2D eigenvalue weighted by Crippen LogP contribution is 2.40. The van der Waals surface area contributed by atoms with Crippen LogP contribution in [0.1, 0.15) is 23.5 Å². The van der Waals surface area contributed by atoms with Crippen LogP contribution in [-0.2, 0) is 0 Å². The number of ether oxygens (including phenoxy) is 1. The second kappa shape index (κ2) is 3.04. The Bertz CT molecular complexity index is 322. The summed E-state index contributed by atoms with van der Waals surface area (Å²) >= 11 is 0. The minimum atomic E-state index is 0.382. The summed E-state index contributed by atoms with van der Waals surface area (Å²) < 4.78 is 5.20. The number of rotatable bonds is 2. The van der Waals surface area contributed by atoms with Gasteiger partial charge in [-0.1, -0.05) is 12.1 Å². The minimum absolute atomic E-state index is 0.382. The van der Waals surface area contributed by atoms with E-state index in [2.05, 4.69) is 19.1 Å². The summed E-state index contributed by atoms with van der Waals surface area (Å²) in [4.78, 5) is 0. The molecule has 2 N–H and O–H groups in total. The maximum Gasteiger partial charge on any atom is 0.121 e. The molecule has 1 aromatic carbocycles. The van der Waals surface area contributed by atoms with Crippen LogP contribution in [0.5, 0.6) is 5.75 Å². The molecule has 70 valence electrons. The SMILES string of the molecule is COc1ccc(C2CC2N)cc1C. The highest BCUT2D eigenvalue weighted by atomic mass is 16.5. The van der Waals surface area contributed by atoms with Gasteiger partial charge < -0.3 is 10.5 Å². The largest absolute Gasteiger partial charge is 0.496 e. The Morgan fingerprint density at radius 1 is 1.46 bits per heavy atom. The molecule has 1 saturated carbocycles. The van der Waals surface area contributed by atoms with Gasteiger partial charge in [-0.25, -0.2) is 0 Å². The van der Waals surface area contributed by atoms with Gasteiger partial charge >= 0.3 is 0 Å². The number of hydrogen-bond donors (Lipinski definition) is 1. The second-order valence-corrected chi connectivity index (χ2v) is 3.74. The van der Waals surface area contributed by atoms with E-state index < -0.39 is 0 Å². The van der Waals surface area contributed by atoms with Crippen molar-refractivity contribution in [3.8, 4) is 5.75 Å². The van der Waals surface area contributed by atoms with Crippen molar-refractivity contribution in [2.24, 2.45) is 5.73 Å². The fourth-order valence-corrected chi connectivity index (χ4v) is 1.73. The maximum absolute atomic E-state index is 5.79. The molecular formula is C11H15NO. The average molecular weight is 177 g/mol. The minimum Gasteiger partial charge on any atom is -0.496 e. The third-order valence-corrected chi connectivity index (χ3v) is 2.69.